The molecule has 1 unspecified atom stereocenters. The van der Waals surface area contributed by atoms with E-state index in [4.69, 9.17) is 0 Å². The second-order valence-corrected chi connectivity index (χ2v) is 7.15. The standard InChI is InChI=1S/C18H27N3O2/c1-18(2,3)17(23)20-11-13-6-8-14(9-7-13)16(22)21-15-5-4-10-19-12-15/h6-9,15,19H,4-5,10-12H2,1-3H3,(H,20,23)(H,21,22). The Kier molecular flexibility index (Phi) is 5.77. The number of hydrogen-bond donors (Lipinski definition) is 3. The number of piperidine rings is 1. The van der Waals surface area contributed by atoms with Crippen molar-refractivity contribution in [3.8, 4) is 0 Å². The van der Waals surface area contributed by atoms with Gasteiger partial charge >= 0.3 is 0 Å². The fourth-order valence-corrected chi connectivity index (χ4v) is 2.47. The summed E-state index contributed by atoms with van der Waals surface area (Å²) in [7, 11) is 0. The van der Waals surface area contributed by atoms with Crippen LogP contribution in [0.1, 0.15) is 49.5 Å². The summed E-state index contributed by atoms with van der Waals surface area (Å²) < 4.78 is 0. The largest absolute Gasteiger partial charge is 0.352 e. The van der Waals surface area contributed by atoms with Gasteiger partial charge in [0.2, 0.25) is 5.91 Å². The molecule has 2 rings (SSSR count). The fraction of sp³-hybridized carbons (Fsp3) is 0.556. The van der Waals surface area contributed by atoms with Gasteiger partial charge in [-0.25, -0.2) is 0 Å². The molecule has 2 amide bonds. The van der Waals surface area contributed by atoms with Crippen molar-refractivity contribution in [3.05, 3.63) is 35.4 Å². The molecular weight excluding hydrogens is 290 g/mol. The molecule has 1 aliphatic heterocycles. The Morgan fingerprint density at radius 1 is 1.22 bits per heavy atom. The van der Waals surface area contributed by atoms with Gasteiger partial charge in [-0.05, 0) is 37.1 Å². The highest BCUT2D eigenvalue weighted by Gasteiger charge is 2.20. The van der Waals surface area contributed by atoms with E-state index < -0.39 is 5.41 Å². The summed E-state index contributed by atoms with van der Waals surface area (Å²) >= 11 is 0. The molecule has 1 aliphatic rings. The van der Waals surface area contributed by atoms with Crippen LogP contribution in [0.25, 0.3) is 0 Å². The lowest BCUT2D eigenvalue weighted by atomic mass is 9.95. The Bertz CT molecular complexity index is 540. The highest BCUT2D eigenvalue weighted by Crippen LogP contribution is 2.13. The number of benzene rings is 1. The van der Waals surface area contributed by atoms with Crippen molar-refractivity contribution < 1.29 is 9.59 Å². The van der Waals surface area contributed by atoms with Crippen molar-refractivity contribution in [3.63, 3.8) is 0 Å². The maximum atomic E-state index is 12.2. The first-order valence-electron chi connectivity index (χ1n) is 8.25. The molecule has 0 aliphatic carbocycles. The molecule has 1 heterocycles. The zero-order chi connectivity index (χ0) is 16.9. The number of carbonyl (C=O) groups excluding carboxylic acids is 2. The van der Waals surface area contributed by atoms with E-state index in [9.17, 15) is 9.59 Å². The Hall–Kier alpha value is -1.88. The van der Waals surface area contributed by atoms with Crippen LogP contribution in [0.15, 0.2) is 24.3 Å². The van der Waals surface area contributed by atoms with Crippen molar-refractivity contribution in [2.75, 3.05) is 13.1 Å². The van der Waals surface area contributed by atoms with Crippen molar-refractivity contribution in [2.24, 2.45) is 5.41 Å². The van der Waals surface area contributed by atoms with Gasteiger partial charge < -0.3 is 16.0 Å². The second kappa shape index (κ2) is 7.59. The van der Waals surface area contributed by atoms with Crippen molar-refractivity contribution in [1.82, 2.24) is 16.0 Å². The summed E-state index contributed by atoms with van der Waals surface area (Å²) in [5, 5.41) is 9.24. The van der Waals surface area contributed by atoms with E-state index in [0.717, 1.165) is 31.5 Å². The highest BCUT2D eigenvalue weighted by atomic mass is 16.2. The summed E-state index contributed by atoms with van der Waals surface area (Å²) in [6.45, 7) is 8.00. The number of rotatable bonds is 4. The minimum absolute atomic E-state index is 0.0177. The average molecular weight is 317 g/mol. The number of amides is 2. The SMILES string of the molecule is CC(C)(C)C(=O)NCc1ccc(C(=O)NC2CCCNC2)cc1. The number of nitrogens with one attached hydrogen (secondary N) is 3. The van der Waals surface area contributed by atoms with Crippen LogP contribution in [0.2, 0.25) is 0 Å². The minimum atomic E-state index is -0.395. The van der Waals surface area contributed by atoms with Crippen LogP contribution in [-0.2, 0) is 11.3 Å². The maximum Gasteiger partial charge on any atom is 0.251 e. The summed E-state index contributed by atoms with van der Waals surface area (Å²) in [6, 6.07) is 7.60. The minimum Gasteiger partial charge on any atom is -0.352 e. The van der Waals surface area contributed by atoms with Gasteiger partial charge in [0, 0.05) is 30.1 Å². The summed E-state index contributed by atoms with van der Waals surface area (Å²) in [5.41, 5.74) is 1.24. The number of carbonyl (C=O) groups is 2. The predicted molar refractivity (Wildman–Crippen MR) is 91.1 cm³/mol. The fourth-order valence-electron chi connectivity index (χ4n) is 2.47. The lowest BCUT2D eigenvalue weighted by molar-refractivity contribution is -0.128. The third-order valence-corrected chi connectivity index (χ3v) is 3.98. The van der Waals surface area contributed by atoms with Gasteiger partial charge in [0.05, 0.1) is 0 Å². The van der Waals surface area contributed by atoms with E-state index in [1.165, 1.54) is 0 Å². The van der Waals surface area contributed by atoms with Crippen LogP contribution < -0.4 is 16.0 Å². The molecule has 5 heteroatoms. The zero-order valence-corrected chi connectivity index (χ0v) is 14.2. The van der Waals surface area contributed by atoms with Crippen molar-refractivity contribution >= 4 is 11.8 Å². The Morgan fingerprint density at radius 2 is 1.91 bits per heavy atom. The molecule has 1 aromatic carbocycles. The topological polar surface area (TPSA) is 70.2 Å². The van der Waals surface area contributed by atoms with E-state index in [1.54, 1.807) is 0 Å². The van der Waals surface area contributed by atoms with Crippen LogP contribution in [-0.4, -0.2) is 30.9 Å². The first kappa shape index (κ1) is 17.5. The average Bonchev–Trinajstić information content (AvgIpc) is 2.53. The van der Waals surface area contributed by atoms with Gasteiger partial charge in [-0.15, -0.1) is 0 Å². The van der Waals surface area contributed by atoms with Gasteiger partial charge in [-0.3, -0.25) is 9.59 Å². The summed E-state index contributed by atoms with van der Waals surface area (Å²) in [4.78, 5) is 24.1. The quantitative estimate of drug-likeness (QED) is 0.793. The van der Waals surface area contributed by atoms with Crippen LogP contribution in [0.5, 0.6) is 0 Å². The molecule has 1 saturated heterocycles. The molecule has 0 radical (unpaired) electrons. The molecule has 1 atom stereocenters. The monoisotopic (exact) mass is 317 g/mol. The van der Waals surface area contributed by atoms with Crippen LogP contribution in [0.4, 0.5) is 0 Å². The molecule has 0 aromatic heterocycles. The lowest BCUT2D eigenvalue weighted by Crippen LogP contribution is -2.45. The van der Waals surface area contributed by atoms with Crippen molar-refractivity contribution in [2.45, 2.75) is 46.2 Å². The van der Waals surface area contributed by atoms with Gasteiger partial charge in [0.15, 0.2) is 0 Å². The molecule has 23 heavy (non-hydrogen) atoms. The Labute approximate surface area is 138 Å². The van der Waals surface area contributed by atoms with E-state index >= 15 is 0 Å². The van der Waals surface area contributed by atoms with Crippen LogP contribution >= 0.6 is 0 Å². The number of hydrogen-bond acceptors (Lipinski definition) is 3. The molecule has 5 nitrogen and oxygen atoms in total. The molecule has 126 valence electrons. The van der Waals surface area contributed by atoms with E-state index in [1.807, 2.05) is 45.0 Å². The van der Waals surface area contributed by atoms with Gasteiger partial charge in [0.1, 0.15) is 0 Å². The molecule has 0 bridgehead atoms. The lowest BCUT2D eigenvalue weighted by Gasteiger charge is -2.23. The Balaban J connectivity index is 1.86. The van der Waals surface area contributed by atoms with Crippen LogP contribution in [0, 0.1) is 5.41 Å². The third kappa shape index (κ3) is 5.36. The molecular formula is C18H27N3O2. The van der Waals surface area contributed by atoms with E-state index in [-0.39, 0.29) is 17.9 Å². The van der Waals surface area contributed by atoms with Crippen molar-refractivity contribution in [1.29, 1.82) is 0 Å². The zero-order valence-electron chi connectivity index (χ0n) is 14.2. The molecule has 0 spiro atoms. The van der Waals surface area contributed by atoms with Crippen LogP contribution in [0.3, 0.4) is 0 Å². The van der Waals surface area contributed by atoms with Gasteiger partial charge in [0.25, 0.3) is 5.91 Å². The molecule has 0 saturated carbocycles. The second-order valence-electron chi connectivity index (χ2n) is 7.15. The van der Waals surface area contributed by atoms with Gasteiger partial charge in [-0.1, -0.05) is 32.9 Å². The third-order valence-electron chi connectivity index (χ3n) is 3.98. The smallest absolute Gasteiger partial charge is 0.251 e. The predicted octanol–water partition coefficient (Wildman–Crippen LogP) is 1.83. The van der Waals surface area contributed by atoms with Gasteiger partial charge in [-0.2, -0.15) is 0 Å². The first-order valence-corrected chi connectivity index (χ1v) is 8.25. The highest BCUT2D eigenvalue weighted by molar-refractivity contribution is 5.94. The Morgan fingerprint density at radius 3 is 2.48 bits per heavy atom. The van der Waals surface area contributed by atoms with E-state index in [0.29, 0.717) is 12.1 Å². The molecule has 1 aromatic rings. The first-order chi connectivity index (χ1) is 10.9. The van der Waals surface area contributed by atoms with E-state index in [2.05, 4.69) is 16.0 Å². The maximum absolute atomic E-state index is 12.2. The normalized spacial score (nSPS) is 18.3. The summed E-state index contributed by atoms with van der Waals surface area (Å²) in [6.07, 6.45) is 2.12. The molecule has 3 N–H and O–H groups in total. The summed E-state index contributed by atoms with van der Waals surface area (Å²) in [5.74, 6) is -0.0203. The molecule has 1 fully saturated rings.